The van der Waals surface area contributed by atoms with Crippen LogP contribution in [0.15, 0.2) is 48.5 Å². The average molecular weight is 1160 g/mol. The maximum atomic E-state index is 13.8. The summed E-state index contributed by atoms with van der Waals surface area (Å²) in [5.41, 5.74) is 6.22. The summed E-state index contributed by atoms with van der Waals surface area (Å²) < 4.78 is 51.0. The van der Waals surface area contributed by atoms with Gasteiger partial charge in [-0.15, -0.1) is 0 Å². The second-order valence-electron chi connectivity index (χ2n) is 21.0. The van der Waals surface area contributed by atoms with E-state index in [9.17, 15) is 39.9 Å². The van der Waals surface area contributed by atoms with E-state index in [0.717, 1.165) is 97.4 Å². The van der Waals surface area contributed by atoms with Crippen LogP contribution in [0.5, 0.6) is 28.7 Å². The Morgan fingerprint density at radius 2 is 1.02 bits per heavy atom. The zero-order chi connectivity index (χ0) is 58.4. The molecular weight excluding hydrogens is 1070 g/mol. The lowest BCUT2D eigenvalue weighted by Crippen LogP contribution is -2.38. The number of ether oxygens (including phenoxy) is 9. The highest BCUT2D eigenvalue weighted by Crippen LogP contribution is 2.61. The Bertz CT molecular complexity index is 2760. The molecule has 1 unspecified atom stereocenters. The first-order valence-corrected chi connectivity index (χ1v) is 29.5. The van der Waals surface area contributed by atoms with Crippen molar-refractivity contribution in [3.05, 3.63) is 98.6 Å². The van der Waals surface area contributed by atoms with Crippen LogP contribution in [0.3, 0.4) is 0 Å². The molecule has 8 rings (SSSR count). The van der Waals surface area contributed by atoms with Gasteiger partial charge in [-0.05, 0) is 129 Å². The first-order chi connectivity index (χ1) is 40.5. The van der Waals surface area contributed by atoms with Gasteiger partial charge in [-0.3, -0.25) is 9.59 Å². The van der Waals surface area contributed by atoms with Crippen molar-refractivity contribution in [2.45, 2.75) is 83.2 Å². The molecule has 1 atom stereocenters. The number of carbonyl (C=O) groups is 3. The van der Waals surface area contributed by atoms with Gasteiger partial charge in [-0.2, -0.15) is 0 Å². The molecular formula is C62H84N4O17. The molecule has 0 saturated heterocycles. The van der Waals surface area contributed by atoms with Gasteiger partial charge in [0.2, 0.25) is 23.3 Å². The Morgan fingerprint density at radius 1 is 0.542 bits per heavy atom. The van der Waals surface area contributed by atoms with Crippen LogP contribution in [0.25, 0.3) is 0 Å². The van der Waals surface area contributed by atoms with Gasteiger partial charge in [-0.1, -0.05) is 12.1 Å². The van der Waals surface area contributed by atoms with Crippen LogP contribution in [0.4, 0.5) is 11.4 Å². The first kappa shape index (κ1) is 62.6. The summed E-state index contributed by atoms with van der Waals surface area (Å²) in [6, 6.07) is 15.3. The summed E-state index contributed by atoms with van der Waals surface area (Å²) in [6.07, 6.45) is 7.63. The minimum absolute atomic E-state index is 0.0579. The van der Waals surface area contributed by atoms with E-state index in [2.05, 4.69) is 45.6 Å². The summed E-state index contributed by atoms with van der Waals surface area (Å²) in [6.45, 7) is 13.6. The number of aromatic hydroxyl groups is 5. The quantitative estimate of drug-likeness (QED) is 0.0124. The molecule has 0 radical (unpaired) electrons. The van der Waals surface area contributed by atoms with Gasteiger partial charge >= 0.3 is 5.97 Å². The molecule has 4 aromatic rings. The lowest BCUT2D eigenvalue weighted by atomic mass is 9.69. The average Bonchev–Trinajstić information content (AvgIpc) is 2.06. The molecule has 21 heteroatoms. The number of phenolic OH excluding ortho intramolecular Hbond substituents is 5. The van der Waals surface area contributed by atoms with Gasteiger partial charge in [0.25, 0.3) is 0 Å². The topological polar surface area (TPSA) is 266 Å². The van der Waals surface area contributed by atoms with E-state index in [0.29, 0.717) is 169 Å². The maximum Gasteiger partial charge on any atom is 0.344 e. The van der Waals surface area contributed by atoms with Crippen molar-refractivity contribution < 1.29 is 82.5 Å². The van der Waals surface area contributed by atoms with Crippen LogP contribution in [0.1, 0.15) is 107 Å². The molecule has 1 aliphatic carbocycles. The van der Waals surface area contributed by atoms with Crippen molar-refractivity contribution in [2.75, 3.05) is 155 Å². The summed E-state index contributed by atoms with van der Waals surface area (Å²) in [5, 5.41) is 59.1. The van der Waals surface area contributed by atoms with Crippen molar-refractivity contribution in [2.24, 2.45) is 0 Å². The van der Waals surface area contributed by atoms with Gasteiger partial charge in [0, 0.05) is 87.8 Å². The molecule has 0 saturated carbocycles. The number of esters is 1. The van der Waals surface area contributed by atoms with Crippen molar-refractivity contribution in [3.8, 4) is 28.7 Å². The number of anilines is 2. The van der Waals surface area contributed by atoms with Crippen LogP contribution in [-0.2, 0) is 83.5 Å². The van der Waals surface area contributed by atoms with E-state index in [-0.39, 0.29) is 28.7 Å². The lowest BCUT2D eigenvalue weighted by Gasteiger charge is -2.41. The Balaban J connectivity index is 0.614. The number of rotatable bonds is 37. The number of nitrogens with one attached hydrogen (secondary N) is 2. The lowest BCUT2D eigenvalue weighted by molar-refractivity contribution is -0.122. The molecule has 83 heavy (non-hydrogen) atoms. The number of aryl methyl sites for hydroxylation is 2. The number of nitrogens with zero attached hydrogens (tertiary/aromatic N) is 2. The standard InChI is InChI=1S/C62H84N4O17/c1-2-65-19-5-8-44-39-49-46(41-51(44)65)38-47-42-52-45(40-50(47)62(49)56-55(61(74)83-62)57(70)59(72)60(73)58(56)71)9-6-20-66(52)21-7-10-53(68)64-18-25-78-29-33-81-35-37-82-36-34-80-31-27-76-23-4-3-22-75-26-30-79-32-28-77-24-16-54(69)63-17-15-43-11-13-48(67)14-12-43/h11-14,39-42,67,70-73H,2-10,15-38H2,1H3,(H,63,69)(H,64,68). The Hall–Kier alpha value is -6.43. The third kappa shape index (κ3) is 16.7. The smallest absolute Gasteiger partial charge is 0.344 e. The van der Waals surface area contributed by atoms with Gasteiger partial charge in [0.15, 0.2) is 17.1 Å². The number of hydrogen-bond acceptors (Lipinski definition) is 19. The number of hydrogen-bond donors (Lipinski definition) is 7. The molecule has 0 bridgehead atoms. The fourth-order valence-corrected chi connectivity index (χ4v) is 11.2. The predicted molar refractivity (Wildman–Crippen MR) is 308 cm³/mol. The van der Waals surface area contributed by atoms with Crippen LogP contribution in [-0.4, -0.2) is 188 Å². The van der Waals surface area contributed by atoms with Gasteiger partial charge in [-0.25, -0.2) is 4.79 Å². The number of benzene rings is 4. The summed E-state index contributed by atoms with van der Waals surface area (Å²) in [5.74, 6) is -4.27. The largest absolute Gasteiger partial charge is 0.508 e. The van der Waals surface area contributed by atoms with E-state index in [4.69, 9.17) is 42.6 Å². The third-order valence-electron chi connectivity index (χ3n) is 15.4. The molecule has 0 fully saturated rings. The van der Waals surface area contributed by atoms with Crippen molar-refractivity contribution in [3.63, 3.8) is 0 Å². The van der Waals surface area contributed by atoms with E-state index in [1.54, 1.807) is 12.1 Å². The van der Waals surface area contributed by atoms with Gasteiger partial charge in [0.1, 0.15) is 11.3 Å². The van der Waals surface area contributed by atoms with Gasteiger partial charge < -0.3 is 88.6 Å². The van der Waals surface area contributed by atoms with Crippen LogP contribution in [0, 0.1) is 0 Å². The molecule has 454 valence electrons. The normalized spacial score (nSPS) is 15.8. The number of unbranched alkanes of at least 4 members (excludes halogenated alkanes) is 1. The summed E-state index contributed by atoms with van der Waals surface area (Å²) in [7, 11) is 0. The van der Waals surface area contributed by atoms with Crippen LogP contribution >= 0.6 is 0 Å². The summed E-state index contributed by atoms with van der Waals surface area (Å²) >= 11 is 0. The molecule has 3 aliphatic heterocycles. The highest BCUT2D eigenvalue weighted by atomic mass is 16.6. The summed E-state index contributed by atoms with van der Waals surface area (Å²) in [4.78, 5) is 43.3. The highest BCUT2D eigenvalue weighted by molar-refractivity contribution is 6.02. The second kappa shape index (κ2) is 32.0. The molecule has 0 aromatic heterocycles. The minimum atomic E-state index is -1.69. The fraction of sp³-hybridized carbons (Fsp3) is 0.565. The highest BCUT2D eigenvalue weighted by Gasteiger charge is 2.57. The predicted octanol–water partition coefficient (Wildman–Crippen LogP) is 5.66. The fourth-order valence-electron chi connectivity index (χ4n) is 11.2. The third-order valence-corrected chi connectivity index (χ3v) is 15.4. The van der Waals surface area contributed by atoms with Crippen molar-refractivity contribution >= 4 is 29.2 Å². The molecule has 4 aromatic carbocycles. The Labute approximate surface area is 486 Å². The number of phenols is 5. The maximum absolute atomic E-state index is 13.8. The first-order valence-electron chi connectivity index (χ1n) is 29.5. The van der Waals surface area contributed by atoms with E-state index in [1.807, 2.05) is 18.2 Å². The molecule has 1 spiro atoms. The molecule has 4 aliphatic rings. The zero-order valence-electron chi connectivity index (χ0n) is 48.0. The Kier molecular flexibility index (Phi) is 24.1. The second-order valence-corrected chi connectivity index (χ2v) is 21.0. The van der Waals surface area contributed by atoms with E-state index in [1.165, 1.54) is 0 Å². The number of carbonyl (C=O) groups excluding carboxylic acids is 3. The monoisotopic (exact) mass is 1160 g/mol. The van der Waals surface area contributed by atoms with Crippen LogP contribution in [0.2, 0.25) is 0 Å². The molecule has 21 nitrogen and oxygen atoms in total. The van der Waals surface area contributed by atoms with Crippen LogP contribution < -0.4 is 20.4 Å². The van der Waals surface area contributed by atoms with Gasteiger partial charge in [0.05, 0.1) is 98.1 Å². The minimum Gasteiger partial charge on any atom is -0.508 e. The Morgan fingerprint density at radius 3 is 1.59 bits per heavy atom. The molecule has 3 heterocycles. The van der Waals surface area contributed by atoms with Crippen molar-refractivity contribution in [1.29, 1.82) is 0 Å². The van der Waals surface area contributed by atoms with Crippen molar-refractivity contribution in [1.82, 2.24) is 10.6 Å². The van der Waals surface area contributed by atoms with E-state index >= 15 is 0 Å². The number of amides is 2. The number of fused-ring (bicyclic) bond motifs is 8. The van der Waals surface area contributed by atoms with E-state index < -0.39 is 34.6 Å². The SMILES string of the molecule is CCN1CCCc2cc3c(cc21)Cc1cc2c(cc1C31OC(=O)c3c(O)c(O)c(O)c(O)c31)CCCN2CCCC(=O)NCCOCCOCCOCCOCCOCCCCOCCOCCOCCC(=O)NCCc1ccc(O)cc1. The molecule has 2 amide bonds. The zero-order valence-corrected chi connectivity index (χ0v) is 48.0. The molecule has 7 N–H and O–H groups in total.